The van der Waals surface area contributed by atoms with Gasteiger partial charge in [-0.25, -0.2) is 8.42 Å². The first-order valence-electron chi connectivity index (χ1n) is 9.63. The van der Waals surface area contributed by atoms with Crippen LogP contribution in [0.5, 0.6) is 5.75 Å². The van der Waals surface area contributed by atoms with Gasteiger partial charge in [-0.2, -0.15) is 13.2 Å². The first-order valence-corrected chi connectivity index (χ1v) is 11.2. The Bertz CT molecular complexity index is 1510. The summed E-state index contributed by atoms with van der Waals surface area (Å²) in [4.78, 5) is 36.0. The van der Waals surface area contributed by atoms with Crippen molar-refractivity contribution in [1.82, 2.24) is 9.88 Å². The van der Waals surface area contributed by atoms with E-state index in [0.717, 1.165) is 28.8 Å². The number of nitrogens with one attached hydrogen (secondary N) is 1. The number of nitrogens with zero attached hydrogens (tertiary/aromatic N) is 1. The summed E-state index contributed by atoms with van der Waals surface area (Å²) >= 11 is 0. The summed E-state index contributed by atoms with van der Waals surface area (Å²) in [7, 11) is -4.21. The number of aromatic nitrogens is 1. The molecule has 1 atom stereocenters. The summed E-state index contributed by atoms with van der Waals surface area (Å²) in [5.74, 6) is -3.39. The number of sulfone groups is 1. The molecule has 2 aromatic carbocycles. The molecule has 9 nitrogen and oxygen atoms in total. The molecule has 0 radical (unpaired) electrons. The molecule has 0 aliphatic carbocycles. The standard InChI is InChI=1S/C21H15F3N2O7S/c22-21(23,24)11-6-4-10(5-7-11)14-9-26-17-12(2-1-3-13(17)34(14,32)33)18(29)16(20(26)31)19(30)25-8-15(27)28/h1-7,14,29H,8-9H2,(H,25,30)(H,27,28). The minimum absolute atomic E-state index is 0.00694. The number of hydrogen-bond acceptors (Lipinski definition) is 6. The first kappa shape index (κ1) is 23.3. The van der Waals surface area contributed by atoms with Crippen molar-refractivity contribution >= 4 is 32.6 Å². The van der Waals surface area contributed by atoms with Crippen molar-refractivity contribution in [2.45, 2.75) is 22.9 Å². The summed E-state index contributed by atoms with van der Waals surface area (Å²) < 4.78 is 66.4. The molecule has 1 amide bonds. The number of alkyl halides is 3. The fraction of sp³-hybridized carbons (Fsp3) is 0.190. The molecule has 178 valence electrons. The van der Waals surface area contributed by atoms with Gasteiger partial charge in [-0.1, -0.05) is 18.2 Å². The van der Waals surface area contributed by atoms with E-state index >= 15 is 0 Å². The fourth-order valence-electron chi connectivity index (χ4n) is 3.91. The molecule has 0 fully saturated rings. The van der Waals surface area contributed by atoms with Gasteiger partial charge in [-0.15, -0.1) is 0 Å². The van der Waals surface area contributed by atoms with E-state index in [-0.39, 0.29) is 21.4 Å². The summed E-state index contributed by atoms with van der Waals surface area (Å²) in [6.07, 6.45) is -4.63. The molecular formula is C21H15F3N2O7S. The van der Waals surface area contributed by atoms with E-state index in [1.54, 1.807) is 0 Å². The van der Waals surface area contributed by atoms with Gasteiger partial charge in [0.15, 0.2) is 9.84 Å². The van der Waals surface area contributed by atoms with Crippen LogP contribution in [-0.4, -0.2) is 41.6 Å². The highest BCUT2D eigenvalue weighted by atomic mass is 32.2. The van der Waals surface area contributed by atoms with Crippen LogP contribution in [0.25, 0.3) is 10.9 Å². The third kappa shape index (κ3) is 3.67. The average Bonchev–Trinajstić information content (AvgIpc) is 2.76. The second-order valence-electron chi connectivity index (χ2n) is 7.52. The van der Waals surface area contributed by atoms with E-state index in [0.29, 0.717) is 0 Å². The molecule has 1 aromatic heterocycles. The molecule has 0 saturated carbocycles. The van der Waals surface area contributed by atoms with Gasteiger partial charge < -0.3 is 20.1 Å². The Morgan fingerprint density at radius 2 is 1.76 bits per heavy atom. The van der Waals surface area contributed by atoms with Crippen molar-refractivity contribution in [3.05, 3.63) is 69.5 Å². The largest absolute Gasteiger partial charge is 0.506 e. The number of carbonyl (C=O) groups is 2. The lowest BCUT2D eigenvalue weighted by molar-refractivity contribution is -0.138. The van der Waals surface area contributed by atoms with E-state index in [2.05, 4.69) is 0 Å². The van der Waals surface area contributed by atoms with Gasteiger partial charge in [-0.3, -0.25) is 14.4 Å². The van der Waals surface area contributed by atoms with E-state index in [1.165, 1.54) is 18.2 Å². The van der Waals surface area contributed by atoms with Crippen molar-refractivity contribution in [2.24, 2.45) is 0 Å². The number of carboxylic acid groups (broad SMARTS) is 1. The molecule has 3 aromatic rings. The van der Waals surface area contributed by atoms with Crippen LogP contribution in [0.1, 0.15) is 26.7 Å². The molecular weight excluding hydrogens is 481 g/mol. The van der Waals surface area contributed by atoms with Crippen LogP contribution in [0.4, 0.5) is 13.2 Å². The molecule has 2 heterocycles. The van der Waals surface area contributed by atoms with Crippen LogP contribution >= 0.6 is 0 Å². The maximum absolute atomic E-state index is 13.3. The van der Waals surface area contributed by atoms with Gasteiger partial charge in [-0.05, 0) is 29.8 Å². The van der Waals surface area contributed by atoms with Crippen LogP contribution in [0, 0.1) is 0 Å². The average molecular weight is 496 g/mol. The second-order valence-corrected chi connectivity index (χ2v) is 9.62. The summed E-state index contributed by atoms with van der Waals surface area (Å²) in [6, 6.07) is 7.21. The van der Waals surface area contributed by atoms with E-state index in [4.69, 9.17) is 5.11 Å². The smallest absolute Gasteiger partial charge is 0.416 e. The summed E-state index contributed by atoms with van der Waals surface area (Å²) in [6.45, 7) is -1.38. The molecule has 1 aliphatic heterocycles. The summed E-state index contributed by atoms with van der Waals surface area (Å²) in [5.41, 5.74) is -3.01. The molecule has 34 heavy (non-hydrogen) atoms. The maximum Gasteiger partial charge on any atom is 0.416 e. The van der Waals surface area contributed by atoms with E-state index in [1.807, 2.05) is 5.32 Å². The molecule has 0 spiro atoms. The molecule has 4 rings (SSSR count). The van der Waals surface area contributed by atoms with Crippen molar-refractivity contribution in [3.63, 3.8) is 0 Å². The fourth-order valence-corrected chi connectivity index (χ4v) is 5.83. The molecule has 1 unspecified atom stereocenters. The van der Waals surface area contributed by atoms with Crippen molar-refractivity contribution in [1.29, 1.82) is 0 Å². The van der Waals surface area contributed by atoms with Crippen molar-refractivity contribution in [3.8, 4) is 5.75 Å². The first-order chi connectivity index (χ1) is 15.8. The van der Waals surface area contributed by atoms with Gasteiger partial charge in [0.1, 0.15) is 23.1 Å². The Balaban J connectivity index is 1.91. The number of aliphatic carboxylic acids is 1. The van der Waals surface area contributed by atoms with Crippen LogP contribution in [0.3, 0.4) is 0 Å². The quantitative estimate of drug-likeness (QED) is 0.502. The monoisotopic (exact) mass is 496 g/mol. The third-order valence-electron chi connectivity index (χ3n) is 5.49. The van der Waals surface area contributed by atoms with Crippen LogP contribution in [0.15, 0.2) is 52.2 Å². The predicted molar refractivity (Wildman–Crippen MR) is 111 cm³/mol. The molecule has 0 saturated heterocycles. The second kappa shape index (κ2) is 7.87. The van der Waals surface area contributed by atoms with Crippen molar-refractivity contribution < 1.29 is 41.4 Å². The number of carbonyl (C=O) groups excluding carboxylic acids is 1. The van der Waals surface area contributed by atoms with Crippen LogP contribution in [0.2, 0.25) is 0 Å². The number of pyridine rings is 1. The highest BCUT2D eigenvalue weighted by Gasteiger charge is 2.39. The van der Waals surface area contributed by atoms with Gasteiger partial charge in [0.05, 0.1) is 16.0 Å². The third-order valence-corrected chi connectivity index (χ3v) is 7.60. The van der Waals surface area contributed by atoms with Crippen molar-refractivity contribution in [2.75, 3.05) is 6.54 Å². The highest BCUT2D eigenvalue weighted by molar-refractivity contribution is 7.92. The number of para-hydroxylation sites is 1. The zero-order chi connectivity index (χ0) is 25.0. The molecule has 3 N–H and O–H groups in total. The number of aromatic hydroxyl groups is 1. The highest BCUT2D eigenvalue weighted by Crippen LogP contribution is 2.41. The number of benzene rings is 2. The number of rotatable bonds is 4. The van der Waals surface area contributed by atoms with Gasteiger partial charge >= 0.3 is 12.1 Å². The van der Waals surface area contributed by atoms with E-state index < -0.39 is 68.7 Å². The predicted octanol–water partition coefficient (Wildman–Crippen LogP) is 2.07. The van der Waals surface area contributed by atoms with Gasteiger partial charge in [0.2, 0.25) is 0 Å². The molecule has 1 aliphatic rings. The Morgan fingerprint density at radius 3 is 2.35 bits per heavy atom. The SMILES string of the molecule is O=C(O)CNC(=O)c1c(O)c2cccc3c2n(c1=O)CC(c1ccc(C(F)(F)F)cc1)S3(=O)=O. The Kier molecular flexibility index (Phi) is 5.39. The summed E-state index contributed by atoms with van der Waals surface area (Å²) in [5, 5.41) is 19.7. The van der Waals surface area contributed by atoms with Crippen LogP contribution < -0.4 is 10.9 Å². The van der Waals surface area contributed by atoms with Gasteiger partial charge in [0, 0.05) is 11.9 Å². The van der Waals surface area contributed by atoms with Gasteiger partial charge in [0.25, 0.3) is 11.5 Å². The normalized spacial score (nSPS) is 16.9. The number of amides is 1. The molecule has 13 heteroatoms. The zero-order valence-electron chi connectivity index (χ0n) is 17.0. The number of halogens is 3. The van der Waals surface area contributed by atoms with E-state index in [9.17, 15) is 41.1 Å². The lowest BCUT2D eigenvalue weighted by atomic mass is 10.1. The maximum atomic E-state index is 13.3. The lowest BCUT2D eigenvalue weighted by Gasteiger charge is -2.28. The van der Waals surface area contributed by atoms with Crippen LogP contribution in [-0.2, 0) is 27.4 Å². The topological polar surface area (TPSA) is 143 Å². The Labute approximate surface area is 189 Å². The molecule has 0 bridgehead atoms. The lowest BCUT2D eigenvalue weighted by Crippen LogP contribution is -2.38. The minimum Gasteiger partial charge on any atom is -0.506 e. The number of hydrogen-bond donors (Lipinski definition) is 3. The Morgan fingerprint density at radius 1 is 1.12 bits per heavy atom. The minimum atomic E-state index is -4.63. The zero-order valence-corrected chi connectivity index (χ0v) is 17.8. The number of carboxylic acids is 1. The Hall–Kier alpha value is -3.87.